The minimum absolute atomic E-state index is 0.124. The quantitative estimate of drug-likeness (QED) is 0.639. The Bertz CT molecular complexity index is 1020. The average molecular weight is 399 g/mol. The zero-order valence-corrected chi connectivity index (χ0v) is 16.2. The Morgan fingerprint density at radius 2 is 2.18 bits per heavy atom. The molecule has 0 atom stereocenters. The number of thiophene rings is 1. The van der Waals surface area contributed by atoms with E-state index in [-0.39, 0.29) is 17.8 Å². The highest BCUT2D eigenvalue weighted by atomic mass is 32.1. The number of anilines is 1. The molecule has 1 fully saturated rings. The van der Waals surface area contributed by atoms with E-state index in [1.54, 1.807) is 47.3 Å². The van der Waals surface area contributed by atoms with Gasteiger partial charge in [-0.2, -0.15) is 0 Å². The van der Waals surface area contributed by atoms with Gasteiger partial charge in [-0.05, 0) is 36.4 Å². The molecule has 1 aromatic carbocycles. The van der Waals surface area contributed by atoms with Crippen molar-refractivity contribution in [3.63, 3.8) is 0 Å². The van der Waals surface area contributed by atoms with Gasteiger partial charge in [-0.1, -0.05) is 12.1 Å². The number of carbonyl (C=O) groups is 1. The number of ether oxygens (including phenoxy) is 1. The summed E-state index contributed by atoms with van der Waals surface area (Å²) in [7, 11) is 1.57. The van der Waals surface area contributed by atoms with Gasteiger partial charge in [0, 0.05) is 24.3 Å². The molecule has 1 aliphatic rings. The van der Waals surface area contributed by atoms with E-state index in [4.69, 9.17) is 4.74 Å². The number of carbonyl (C=O) groups excluding carboxylic acids is 1. The highest BCUT2D eigenvalue weighted by Crippen LogP contribution is 2.37. The summed E-state index contributed by atoms with van der Waals surface area (Å²) in [6, 6.07) is 10.9. The number of nitrogens with zero attached hydrogens (tertiary/aromatic N) is 3. The molecule has 2 heterocycles. The van der Waals surface area contributed by atoms with Crippen molar-refractivity contribution in [2.24, 2.45) is 0 Å². The van der Waals surface area contributed by atoms with Gasteiger partial charge in [-0.15, -0.1) is 16.4 Å². The largest absolute Gasteiger partial charge is 0.497 e. The summed E-state index contributed by atoms with van der Waals surface area (Å²) in [5, 5.41) is 12.0. The normalized spacial score (nSPS) is 13.3. The van der Waals surface area contributed by atoms with Gasteiger partial charge in [0.25, 0.3) is 0 Å². The highest BCUT2D eigenvalue weighted by Gasteiger charge is 2.30. The van der Waals surface area contributed by atoms with Gasteiger partial charge < -0.3 is 15.4 Å². The predicted molar refractivity (Wildman–Crippen MR) is 108 cm³/mol. The number of hydrogen-bond donors (Lipinski definition) is 2. The third-order valence-electron chi connectivity index (χ3n) is 4.46. The van der Waals surface area contributed by atoms with E-state index in [2.05, 4.69) is 15.7 Å². The summed E-state index contributed by atoms with van der Waals surface area (Å²) < 4.78 is 8.35. The maximum absolute atomic E-state index is 12.7. The molecule has 1 aliphatic carbocycles. The van der Waals surface area contributed by atoms with Gasteiger partial charge in [0.2, 0.25) is 0 Å². The van der Waals surface area contributed by atoms with Crippen molar-refractivity contribution in [2.45, 2.75) is 25.4 Å². The summed E-state index contributed by atoms with van der Waals surface area (Å²) in [5.41, 5.74) is 0.507. The van der Waals surface area contributed by atoms with Gasteiger partial charge in [-0.3, -0.25) is 4.57 Å². The first-order valence-electron chi connectivity index (χ1n) is 9.08. The van der Waals surface area contributed by atoms with Crippen LogP contribution < -0.4 is 21.1 Å². The minimum atomic E-state index is -0.346. The van der Waals surface area contributed by atoms with Gasteiger partial charge in [0.1, 0.15) is 5.75 Å². The molecular formula is C19H21N5O3S. The minimum Gasteiger partial charge on any atom is -0.497 e. The Morgan fingerprint density at radius 1 is 1.32 bits per heavy atom. The molecule has 1 saturated carbocycles. The van der Waals surface area contributed by atoms with Crippen molar-refractivity contribution in [3.8, 4) is 16.5 Å². The van der Waals surface area contributed by atoms with E-state index < -0.39 is 0 Å². The lowest BCUT2D eigenvalue weighted by molar-refractivity contribution is 0.251. The molecule has 0 aliphatic heterocycles. The van der Waals surface area contributed by atoms with Crippen LogP contribution in [-0.2, 0) is 6.54 Å². The second-order valence-corrected chi connectivity index (χ2v) is 7.47. The lowest BCUT2D eigenvalue weighted by Crippen LogP contribution is -2.34. The van der Waals surface area contributed by atoms with Crippen LogP contribution in [0.3, 0.4) is 0 Å². The lowest BCUT2D eigenvalue weighted by atomic mass is 10.3. The van der Waals surface area contributed by atoms with E-state index in [9.17, 15) is 9.59 Å². The third-order valence-corrected chi connectivity index (χ3v) is 5.33. The van der Waals surface area contributed by atoms with Crippen LogP contribution in [-0.4, -0.2) is 34.0 Å². The fourth-order valence-corrected chi connectivity index (χ4v) is 3.66. The van der Waals surface area contributed by atoms with Gasteiger partial charge in [0.05, 0.1) is 18.5 Å². The summed E-state index contributed by atoms with van der Waals surface area (Å²) in [4.78, 5) is 25.8. The molecule has 146 valence electrons. The van der Waals surface area contributed by atoms with E-state index in [1.807, 2.05) is 17.5 Å². The van der Waals surface area contributed by atoms with Crippen LogP contribution in [0.2, 0.25) is 0 Å². The summed E-state index contributed by atoms with van der Waals surface area (Å²) in [5.74, 6) is 1.37. The topological polar surface area (TPSA) is 90.2 Å². The number of aromatic nitrogens is 3. The second kappa shape index (κ2) is 7.89. The van der Waals surface area contributed by atoms with Crippen LogP contribution in [0.1, 0.15) is 18.9 Å². The number of methoxy groups -OCH3 is 1. The maximum Gasteiger partial charge on any atom is 0.346 e. The lowest BCUT2D eigenvalue weighted by Gasteiger charge is -2.08. The first kappa shape index (κ1) is 18.3. The molecule has 3 aromatic rings. The van der Waals surface area contributed by atoms with Crippen molar-refractivity contribution in [2.75, 3.05) is 19.0 Å². The van der Waals surface area contributed by atoms with Crippen LogP contribution in [0.4, 0.5) is 10.5 Å². The fourth-order valence-electron chi connectivity index (χ4n) is 2.95. The van der Waals surface area contributed by atoms with Crippen LogP contribution in [0, 0.1) is 0 Å². The van der Waals surface area contributed by atoms with E-state index >= 15 is 0 Å². The van der Waals surface area contributed by atoms with Crippen LogP contribution in [0.25, 0.3) is 10.7 Å². The molecule has 2 N–H and O–H groups in total. The Morgan fingerprint density at radius 3 is 2.89 bits per heavy atom. The van der Waals surface area contributed by atoms with Crippen LogP contribution in [0.15, 0.2) is 46.6 Å². The number of hydrogen-bond acceptors (Lipinski definition) is 5. The molecule has 0 saturated heterocycles. The number of amides is 2. The Hall–Kier alpha value is -3.07. The SMILES string of the molecule is COc1cccc(NC(=O)NCCn2nc(-c3cccs3)n(C3CC3)c2=O)c1. The summed E-state index contributed by atoms with van der Waals surface area (Å²) in [6.07, 6.45) is 2.01. The molecule has 0 unspecified atom stereocenters. The van der Waals surface area contributed by atoms with Crippen molar-refractivity contribution in [1.82, 2.24) is 19.7 Å². The summed E-state index contributed by atoms with van der Waals surface area (Å²) in [6.45, 7) is 0.601. The van der Waals surface area contributed by atoms with Gasteiger partial charge in [0.15, 0.2) is 5.82 Å². The number of rotatable bonds is 7. The molecule has 2 aromatic heterocycles. The zero-order chi connectivity index (χ0) is 19.5. The van der Waals surface area contributed by atoms with Crippen LogP contribution >= 0.6 is 11.3 Å². The van der Waals surface area contributed by atoms with Crippen molar-refractivity contribution in [3.05, 3.63) is 52.3 Å². The monoisotopic (exact) mass is 399 g/mol. The van der Waals surface area contributed by atoms with Crippen molar-refractivity contribution < 1.29 is 9.53 Å². The molecule has 9 heteroatoms. The standard InChI is InChI=1S/C19H21N5O3S/c1-27-15-5-2-4-13(12-15)21-18(25)20-9-10-23-19(26)24(14-7-8-14)17(22-23)16-6-3-11-28-16/h2-6,11-12,14H,7-10H2,1H3,(H2,20,21,25). The molecule has 0 radical (unpaired) electrons. The fraction of sp³-hybridized carbons (Fsp3) is 0.316. The van der Waals surface area contributed by atoms with Crippen LogP contribution in [0.5, 0.6) is 5.75 Å². The highest BCUT2D eigenvalue weighted by molar-refractivity contribution is 7.13. The van der Waals surface area contributed by atoms with E-state index in [0.717, 1.165) is 17.7 Å². The molecule has 8 nitrogen and oxygen atoms in total. The first-order valence-corrected chi connectivity index (χ1v) is 9.96. The molecule has 4 rings (SSSR count). The zero-order valence-electron chi connectivity index (χ0n) is 15.4. The molecule has 28 heavy (non-hydrogen) atoms. The number of nitrogens with one attached hydrogen (secondary N) is 2. The molecule has 0 spiro atoms. The Kier molecular flexibility index (Phi) is 5.16. The van der Waals surface area contributed by atoms with E-state index in [1.165, 1.54) is 4.68 Å². The van der Waals surface area contributed by atoms with Crippen molar-refractivity contribution in [1.29, 1.82) is 0 Å². The second-order valence-electron chi connectivity index (χ2n) is 6.52. The number of benzene rings is 1. The average Bonchev–Trinajstić information content (AvgIpc) is 3.27. The Balaban J connectivity index is 1.39. The van der Waals surface area contributed by atoms with Gasteiger partial charge >= 0.3 is 11.7 Å². The predicted octanol–water partition coefficient (Wildman–Crippen LogP) is 2.94. The summed E-state index contributed by atoms with van der Waals surface area (Å²) >= 11 is 1.56. The molecular weight excluding hydrogens is 378 g/mol. The molecule has 2 amide bonds. The Labute approximate surface area is 165 Å². The van der Waals surface area contributed by atoms with E-state index in [0.29, 0.717) is 30.4 Å². The third kappa shape index (κ3) is 3.94. The number of urea groups is 1. The molecule has 0 bridgehead atoms. The van der Waals surface area contributed by atoms with Gasteiger partial charge in [-0.25, -0.2) is 14.3 Å². The smallest absolute Gasteiger partial charge is 0.346 e. The first-order chi connectivity index (χ1) is 13.7. The van der Waals surface area contributed by atoms with Crippen molar-refractivity contribution >= 4 is 23.1 Å². The maximum atomic E-state index is 12.7.